The standard InChI is InChI=1S/C14H16N2O2S/c1-11-4-3-5-13(8-11)10-19(17,18)16-14-7-6-12(2)15-9-14/h3-9,16H,10H2,1-2H3. The van der Waals surface area contributed by atoms with Crippen molar-refractivity contribution in [3.05, 3.63) is 59.4 Å². The van der Waals surface area contributed by atoms with Crippen molar-refractivity contribution in [3.8, 4) is 0 Å². The van der Waals surface area contributed by atoms with Crippen molar-refractivity contribution < 1.29 is 8.42 Å². The molecule has 0 fully saturated rings. The number of rotatable bonds is 4. The lowest BCUT2D eigenvalue weighted by Gasteiger charge is -2.08. The van der Waals surface area contributed by atoms with Crippen molar-refractivity contribution in [2.24, 2.45) is 0 Å². The summed E-state index contributed by atoms with van der Waals surface area (Å²) in [5, 5.41) is 0. The smallest absolute Gasteiger partial charge is 0.236 e. The van der Waals surface area contributed by atoms with Crippen LogP contribution in [-0.4, -0.2) is 13.4 Å². The van der Waals surface area contributed by atoms with Gasteiger partial charge in [-0.3, -0.25) is 9.71 Å². The first-order valence-corrected chi connectivity index (χ1v) is 7.58. The van der Waals surface area contributed by atoms with Crippen molar-refractivity contribution in [3.63, 3.8) is 0 Å². The molecule has 2 aromatic rings. The van der Waals surface area contributed by atoms with E-state index in [2.05, 4.69) is 9.71 Å². The highest BCUT2D eigenvalue weighted by Crippen LogP contribution is 2.13. The van der Waals surface area contributed by atoms with Gasteiger partial charge in [0.25, 0.3) is 0 Å². The minimum Gasteiger partial charge on any atom is -0.282 e. The van der Waals surface area contributed by atoms with Crippen LogP contribution < -0.4 is 4.72 Å². The third-order valence-electron chi connectivity index (χ3n) is 2.62. The molecule has 100 valence electrons. The highest BCUT2D eigenvalue weighted by molar-refractivity contribution is 7.91. The zero-order chi connectivity index (χ0) is 13.9. The van der Waals surface area contributed by atoms with Crippen LogP contribution in [0.15, 0.2) is 42.6 Å². The van der Waals surface area contributed by atoms with Crippen molar-refractivity contribution >= 4 is 15.7 Å². The Balaban J connectivity index is 2.13. The largest absolute Gasteiger partial charge is 0.282 e. The molecule has 0 amide bonds. The zero-order valence-corrected chi connectivity index (χ0v) is 11.7. The molecule has 0 unspecified atom stereocenters. The Hall–Kier alpha value is -1.88. The number of nitrogens with zero attached hydrogens (tertiary/aromatic N) is 1. The van der Waals surface area contributed by atoms with Gasteiger partial charge in [-0.25, -0.2) is 8.42 Å². The third-order valence-corrected chi connectivity index (χ3v) is 3.88. The van der Waals surface area contributed by atoms with E-state index in [1.807, 2.05) is 32.0 Å². The molecule has 5 heteroatoms. The number of benzene rings is 1. The number of aryl methyl sites for hydroxylation is 2. The van der Waals surface area contributed by atoms with Crippen LogP contribution in [0.2, 0.25) is 0 Å². The molecule has 0 spiro atoms. The molecular weight excluding hydrogens is 260 g/mol. The van der Waals surface area contributed by atoms with Gasteiger partial charge in [-0.1, -0.05) is 29.8 Å². The quantitative estimate of drug-likeness (QED) is 0.934. The minimum absolute atomic E-state index is 0.0391. The van der Waals surface area contributed by atoms with E-state index in [0.717, 1.165) is 16.8 Å². The molecule has 0 saturated carbocycles. The van der Waals surface area contributed by atoms with Crippen LogP contribution in [0.3, 0.4) is 0 Å². The second kappa shape index (κ2) is 5.40. The van der Waals surface area contributed by atoms with Gasteiger partial charge in [0.05, 0.1) is 17.6 Å². The molecule has 1 aromatic carbocycles. The number of anilines is 1. The highest BCUT2D eigenvalue weighted by atomic mass is 32.2. The fraction of sp³-hybridized carbons (Fsp3) is 0.214. The summed E-state index contributed by atoms with van der Waals surface area (Å²) in [5.74, 6) is -0.0391. The van der Waals surface area contributed by atoms with Gasteiger partial charge in [-0.05, 0) is 31.5 Å². The molecule has 0 atom stereocenters. The van der Waals surface area contributed by atoms with Crippen LogP contribution in [0.25, 0.3) is 0 Å². The van der Waals surface area contributed by atoms with E-state index in [1.165, 1.54) is 6.20 Å². The maximum atomic E-state index is 12.0. The lowest BCUT2D eigenvalue weighted by molar-refractivity contribution is 0.600. The van der Waals surface area contributed by atoms with Crippen LogP contribution in [0, 0.1) is 13.8 Å². The van der Waals surface area contributed by atoms with E-state index in [1.54, 1.807) is 18.2 Å². The summed E-state index contributed by atoms with van der Waals surface area (Å²) in [6.45, 7) is 3.79. The van der Waals surface area contributed by atoms with Crippen molar-refractivity contribution in [2.75, 3.05) is 4.72 Å². The monoisotopic (exact) mass is 276 g/mol. The van der Waals surface area contributed by atoms with Gasteiger partial charge in [0.2, 0.25) is 10.0 Å². The number of sulfonamides is 1. The Kier molecular flexibility index (Phi) is 3.85. The topological polar surface area (TPSA) is 59.1 Å². The Morgan fingerprint density at radius 2 is 1.95 bits per heavy atom. The van der Waals surface area contributed by atoms with E-state index in [9.17, 15) is 8.42 Å². The van der Waals surface area contributed by atoms with Gasteiger partial charge in [0.1, 0.15) is 0 Å². The Bertz CT molecular complexity index is 664. The first-order chi connectivity index (χ1) is 8.94. The molecule has 0 saturated heterocycles. The second-order valence-electron chi connectivity index (χ2n) is 4.54. The molecule has 2 rings (SSSR count). The van der Waals surface area contributed by atoms with Crippen molar-refractivity contribution in [1.82, 2.24) is 4.98 Å². The maximum Gasteiger partial charge on any atom is 0.236 e. The van der Waals surface area contributed by atoms with Crippen LogP contribution >= 0.6 is 0 Å². The molecule has 0 aliphatic carbocycles. The van der Waals surface area contributed by atoms with E-state index in [4.69, 9.17) is 0 Å². The molecular formula is C14H16N2O2S. The molecule has 0 radical (unpaired) electrons. The molecule has 0 aliphatic rings. The molecule has 19 heavy (non-hydrogen) atoms. The molecule has 0 aliphatic heterocycles. The van der Waals surface area contributed by atoms with Gasteiger partial charge >= 0.3 is 0 Å². The summed E-state index contributed by atoms with van der Waals surface area (Å²) < 4.78 is 26.6. The van der Waals surface area contributed by atoms with Gasteiger partial charge in [-0.2, -0.15) is 0 Å². The summed E-state index contributed by atoms with van der Waals surface area (Å²) >= 11 is 0. The average Bonchev–Trinajstić information content (AvgIpc) is 2.31. The number of pyridine rings is 1. The Morgan fingerprint density at radius 1 is 1.16 bits per heavy atom. The first-order valence-electron chi connectivity index (χ1n) is 5.93. The van der Waals surface area contributed by atoms with E-state index in [0.29, 0.717) is 5.69 Å². The van der Waals surface area contributed by atoms with Crippen LogP contribution in [-0.2, 0) is 15.8 Å². The number of hydrogen-bond donors (Lipinski definition) is 1. The van der Waals surface area contributed by atoms with Crippen LogP contribution in [0.4, 0.5) is 5.69 Å². The molecule has 1 heterocycles. The average molecular weight is 276 g/mol. The Labute approximate surface area is 113 Å². The number of nitrogens with one attached hydrogen (secondary N) is 1. The summed E-state index contributed by atoms with van der Waals surface area (Å²) in [5.41, 5.74) is 3.15. The number of hydrogen-bond acceptors (Lipinski definition) is 3. The van der Waals surface area contributed by atoms with Gasteiger partial charge in [0.15, 0.2) is 0 Å². The predicted molar refractivity (Wildman–Crippen MR) is 76.4 cm³/mol. The second-order valence-corrected chi connectivity index (χ2v) is 6.26. The highest BCUT2D eigenvalue weighted by Gasteiger charge is 2.11. The summed E-state index contributed by atoms with van der Waals surface area (Å²) in [7, 11) is -3.41. The maximum absolute atomic E-state index is 12.0. The van der Waals surface area contributed by atoms with E-state index in [-0.39, 0.29) is 5.75 Å². The van der Waals surface area contributed by atoms with Crippen molar-refractivity contribution in [2.45, 2.75) is 19.6 Å². The lowest BCUT2D eigenvalue weighted by Crippen LogP contribution is -2.15. The predicted octanol–water partition coefficient (Wildman–Crippen LogP) is 2.64. The fourth-order valence-corrected chi connectivity index (χ4v) is 2.94. The zero-order valence-electron chi connectivity index (χ0n) is 10.9. The SMILES string of the molecule is Cc1cccc(CS(=O)(=O)Nc2ccc(C)nc2)c1. The minimum atomic E-state index is -3.41. The number of aromatic nitrogens is 1. The van der Waals surface area contributed by atoms with Gasteiger partial charge in [-0.15, -0.1) is 0 Å². The van der Waals surface area contributed by atoms with E-state index < -0.39 is 10.0 Å². The molecule has 1 aromatic heterocycles. The molecule has 1 N–H and O–H groups in total. The normalized spacial score (nSPS) is 11.3. The Morgan fingerprint density at radius 3 is 2.58 bits per heavy atom. The summed E-state index contributed by atoms with van der Waals surface area (Å²) in [6, 6.07) is 10.9. The fourth-order valence-electron chi connectivity index (χ4n) is 1.77. The summed E-state index contributed by atoms with van der Waals surface area (Å²) in [4.78, 5) is 4.06. The van der Waals surface area contributed by atoms with Gasteiger partial charge < -0.3 is 0 Å². The molecule has 4 nitrogen and oxygen atoms in total. The van der Waals surface area contributed by atoms with Crippen LogP contribution in [0.1, 0.15) is 16.8 Å². The molecule has 0 bridgehead atoms. The lowest BCUT2D eigenvalue weighted by atomic mass is 10.2. The van der Waals surface area contributed by atoms with Crippen LogP contribution in [0.5, 0.6) is 0 Å². The van der Waals surface area contributed by atoms with Crippen molar-refractivity contribution in [1.29, 1.82) is 0 Å². The third kappa shape index (κ3) is 4.06. The first kappa shape index (κ1) is 13.5. The summed E-state index contributed by atoms with van der Waals surface area (Å²) in [6.07, 6.45) is 1.52. The van der Waals surface area contributed by atoms with Gasteiger partial charge in [0, 0.05) is 5.69 Å². The van der Waals surface area contributed by atoms with E-state index >= 15 is 0 Å².